The van der Waals surface area contributed by atoms with E-state index in [4.69, 9.17) is 9.84 Å². The van der Waals surface area contributed by atoms with Gasteiger partial charge < -0.3 is 14.9 Å². The second-order valence-corrected chi connectivity index (χ2v) is 6.75. The van der Waals surface area contributed by atoms with Gasteiger partial charge in [-0.1, -0.05) is 0 Å². The quantitative estimate of drug-likeness (QED) is 0.708. The van der Waals surface area contributed by atoms with Gasteiger partial charge in [0.25, 0.3) is 0 Å². The van der Waals surface area contributed by atoms with Gasteiger partial charge in [0.05, 0.1) is 24.2 Å². The topological polar surface area (TPSA) is 113 Å². The van der Waals surface area contributed by atoms with Crippen LogP contribution in [0.15, 0.2) is 23.1 Å². The summed E-state index contributed by atoms with van der Waals surface area (Å²) in [7, 11) is -2.59. The molecule has 1 fully saturated rings. The molecule has 0 radical (unpaired) electrons. The van der Waals surface area contributed by atoms with Crippen molar-refractivity contribution in [3.8, 4) is 5.75 Å². The van der Waals surface area contributed by atoms with Crippen molar-refractivity contribution in [3.63, 3.8) is 0 Å². The molecule has 0 atom stereocenters. The Labute approximate surface area is 122 Å². The van der Waals surface area contributed by atoms with Gasteiger partial charge in [-0.25, -0.2) is 17.9 Å². The minimum Gasteiger partial charge on any atom is -0.496 e. The SMILES string of the molecule is COc1ccc(S(=O)(=O)NC2(CO)CCC2)cc1C(=O)O. The van der Waals surface area contributed by atoms with Crippen molar-refractivity contribution in [2.24, 2.45) is 0 Å². The first-order valence-electron chi connectivity index (χ1n) is 6.40. The number of carboxylic acid groups (broad SMARTS) is 1. The Morgan fingerprint density at radius 3 is 2.52 bits per heavy atom. The number of methoxy groups -OCH3 is 1. The lowest BCUT2D eigenvalue weighted by molar-refractivity contribution is 0.0693. The maximum Gasteiger partial charge on any atom is 0.339 e. The van der Waals surface area contributed by atoms with Crippen LogP contribution in [0, 0.1) is 0 Å². The predicted octanol–water partition coefficient (Wildman–Crippen LogP) is 0.587. The first-order valence-corrected chi connectivity index (χ1v) is 7.88. The lowest BCUT2D eigenvalue weighted by Crippen LogP contribution is -2.55. The molecule has 1 aliphatic rings. The summed E-state index contributed by atoms with van der Waals surface area (Å²) >= 11 is 0. The molecular formula is C13H17NO6S. The molecule has 1 aromatic carbocycles. The number of carbonyl (C=O) groups is 1. The molecule has 1 saturated carbocycles. The van der Waals surface area contributed by atoms with Crippen molar-refractivity contribution in [2.75, 3.05) is 13.7 Å². The fourth-order valence-electron chi connectivity index (χ4n) is 2.26. The number of sulfonamides is 1. The number of hydrogen-bond donors (Lipinski definition) is 3. The van der Waals surface area contributed by atoms with Crippen LogP contribution in [0.3, 0.4) is 0 Å². The molecule has 7 nitrogen and oxygen atoms in total. The molecule has 3 N–H and O–H groups in total. The van der Waals surface area contributed by atoms with Crippen LogP contribution in [-0.4, -0.2) is 43.9 Å². The van der Waals surface area contributed by atoms with Crippen LogP contribution < -0.4 is 9.46 Å². The van der Waals surface area contributed by atoms with Crippen LogP contribution in [0.25, 0.3) is 0 Å². The summed E-state index contributed by atoms with van der Waals surface area (Å²) in [5, 5.41) is 18.4. The molecule has 0 spiro atoms. The highest BCUT2D eigenvalue weighted by Crippen LogP contribution is 2.33. The first kappa shape index (κ1) is 15.7. The Morgan fingerprint density at radius 2 is 2.10 bits per heavy atom. The molecule has 0 unspecified atom stereocenters. The van der Waals surface area contributed by atoms with Crippen molar-refractivity contribution >= 4 is 16.0 Å². The second-order valence-electron chi connectivity index (χ2n) is 5.06. The van der Waals surface area contributed by atoms with Crippen molar-refractivity contribution in [1.82, 2.24) is 4.72 Å². The predicted molar refractivity (Wildman–Crippen MR) is 73.9 cm³/mol. The van der Waals surface area contributed by atoms with Gasteiger partial charge in [0.1, 0.15) is 11.3 Å². The number of nitrogens with one attached hydrogen (secondary N) is 1. The summed E-state index contributed by atoms with van der Waals surface area (Å²) in [5.41, 5.74) is -1.06. The van der Waals surface area contributed by atoms with E-state index < -0.39 is 21.5 Å². The zero-order valence-electron chi connectivity index (χ0n) is 11.5. The number of hydrogen-bond acceptors (Lipinski definition) is 5. The van der Waals surface area contributed by atoms with Gasteiger partial charge in [0.2, 0.25) is 10.0 Å². The zero-order valence-corrected chi connectivity index (χ0v) is 12.3. The van der Waals surface area contributed by atoms with Crippen molar-refractivity contribution < 1.29 is 28.2 Å². The van der Waals surface area contributed by atoms with E-state index in [1.165, 1.54) is 19.2 Å². The molecule has 0 aliphatic heterocycles. The van der Waals surface area contributed by atoms with Crippen LogP contribution in [0.5, 0.6) is 5.75 Å². The van der Waals surface area contributed by atoms with E-state index in [1.54, 1.807) is 0 Å². The molecule has 0 amide bonds. The van der Waals surface area contributed by atoms with Crippen LogP contribution in [0.2, 0.25) is 0 Å². The number of ether oxygens (including phenoxy) is 1. The maximum absolute atomic E-state index is 12.3. The highest BCUT2D eigenvalue weighted by Gasteiger charge is 2.40. The maximum atomic E-state index is 12.3. The Bertz CT molecular complexity index is 645. The lowest BCUT2D eigenvalue weighted by Gasteiger charge is -2.40. The van der Waals surface area contributed by atoms with Crippen molar-refractivity contribution in [2.45, 2.75) is 29.7 Å². The van der Waals surface area contributed by atoms with Gasteiger partial charge in [-0.2, -0.15) is 0 Å². The normalized spacial score (nSPS) is 17.0. The zero-order chi connectivity index (χ0) is 15.7. The number of aromatic carboxylic acids is 1. The second kappa shape index (κ2) is 5.63. The molecule has 0 aromatic heterocycles. The van der Waals surface area contributed by atoms with Gasteiger partial charge >= 0.3 is 5.97 Å². The highest BCUT2D eigenvalue weighted by atomic mass is 32.2. The first-order chi connectivity index (χ1) is 9.83. The van der Waals surface area contributed by atoms with Gasteiger partial charge in [-0.05, 0) is 37.5 Å². The van der Waals surface area contributed by atoms with Crippen molar-refractivity contribution in [1.29, 1.82) is 0 Å². The summed E-state index contributed by atoms with van der Waals surface area (Å²) in [6.07, 6.45) is 1.96. The Morgan fingerprint density at radius 1 is 1.43 bits per heavy atom. The standard InChI is InChI=1S/C13H17NO6S/c1-20-11-4-3-9(7-10(11)12(16)17)21(18,19)14-13(8-15)5-2-6-13/h3-4,7,14-15H,2,5-6,8H2,1H3,(H,16,17). The number of aliphatic hydroxyl groups excluding tert-OH is 1. The van der Waals surface area contributed by atoms with Crippen LogP contribution in [0.4, 0.5) is 0 Å². The molecule has 8 heteroatoms. The smallest absolute Gasteiger partial charge is 0.339 e. The third kappa shape index (κ3) is 3.02. The van der Waals surface area contributed by atoms with E-state index in [0.29, 0.717) is 12.8 Å². The molecule has 0 saturated heterocycles. The lowest BCUT2D eigenvalue weighted by atomic mass is 9.78. The van der Waals surface area contributed by atoms with E-state index in [1.807, 2.05) is 0 Å². The van der Waals surface area contributed by atoms with Gasteiger partial charge in [0.15, 0.2) is 0 Å². The number of benzene rings is 1. The summed E-state index contributed by atoms with van der Waals surface area (Å²) < 4.78 is 32.0. The molecule has 0 bridgehead atoms. The van der Waals surface area contributed by atoms with Gasteiger partial charge in [-0.3, -0.25) is 0 Å². The van der Waals surface area contributed by atoms with E-state index in [9.17, 15) is 18.3 Å². The number of aliphatic hydroxyl groups is 1. The summed E-state index contributed by atoms with van der Waals surface area (Å²) in [6.45, 7) is -0.284. The van der Waals surface area contributed by atoms with E-state index in [-0.39, 0.29) is 22.8 Å². The molecule has 0 heterocycles. The summed E-state index contributed by atoms with van der Waals surface area (Å²) in [4.78, 5) is 11.0. The fraction of sp³-hybridized carbons (Fsp3) is 0.462. The van der Waals surface area contributed by atoms with E-state index in [0.717, 1.165) is 12.5 Å². The average molecular weight is 315 g/mol. The average Bonchev–Trinajstić information content (AvgIpc) is 2.42. The number of rotatable bonds is 6. The Kier molecular flexibility index (Phi) is 4.22. The highest BCUT2D eigenvalue weighted by molar-refractivity contribution is 7.89. The van der Waals surface area contributed by atoms with Crippen molar-refractivity contribution in [3.05, 3.63) is 23.8 Å². The third-order valence-electron chi connectivity index (χ3n) is 3.68. The van der Waals surface area contributed by atoms with Gasteiger partial charge in [-0.15, -0.1) is 0 Å². The molecule has 1 aliphatic carbocycles. The van der Waals surface area contributed by atoms with Crippen LogP contribution in [-0.2, 0) is 10.0 Å². The molecule has 2 rings (SSSR count). The van der Waals surface area contributed by atoms with Gasteiger partial charge in [0, 0.05) is 0 Å². The number of carboxylic acids is 1. The molecular weight excluding hydrogens is 298 g/mol. The minimum atomic E-state index is -3.90. The summed E-state index contributed by atoms with van der Waals surface area (Å²) in [6, 6.07) is 3.62. The van der Waals surface area contributed by atoms with E-state index in [2.05, 4.69) is 4.72 Å². The largest absolute Gasteiger partial charge is 0.496 e. The summed E-state index contributed by atoms with van der Waals surface area (Å²) in [5.74, 6) is -1.19. The molecule has 21 heavy (non-hydrogen) atoms. The molecule has 1 aromatic rings. The monoisotopic (exact) mass is 315 g/mol. The molecule has 116 valence electrons. The fourth-order valence-corrected chi connectivity index (χ4v) is 3.74. The minimum absolute atomic E-state index is 0.0852. The van der Waals surface area contributed by atoms with Crippen LogP contribution >= 0.6 is 0 Å². The Hall–Kier alpha value is -1.64. The third-order valence-corrected chi connectivity index (χ3v) is 5.25. The van der Waals surface area contributed by atoms with E-state index >= 15 is 0 Å². The van der Waals surface area contributed by atoms with Crippen LogP contribution in [0.1, 0.15) is 29.6 Å². The Balaban J connectivity index is 2.36.